The second kappa shape index (κ2) is 11.4. The number of aliphatic hydroxyl groups excluding tert-OH is 1. The zero-order chi connectivity index (χ0) is 24.8. The number of amides is 1. The summed E-state index contributed by atoms with van der Waals surface area (Å²) in [5.41, 5.74) is 1.10. The molecule has 186 valence electrons. The van der Waals surface area contributed by atoms with Crippen molar-refractivity contribution in [2.24, 2.45) is 0 Å². The largest absolute Gasteiger partial charge is 0.508 e. The van der Waals surface area contributed by atoms with Crippen LogP contribution >= 0.6 is 0 Å². The van der Waals surface area contributed by atoms with Gasteiger partial charge < -0.3 is 24.6 Å². The number of hydrogen-bond donors (Lipinski definition) is 2. The highest BCUT2D eigenvalue weighted by Gasteiger charge is 2.45. The molecule has 0 aromatic heterocycles. The molecule has 1 amide bonds. The maximum Gasteiger partial charge on any atom is 0.295 e. The number of phenolic OH excluding ortho intramolecular Hbond substituents is 1. The summed E-state index contributed by atoms with van der Waals surface area (Å²) in [6, 6.07) is 12.5. The minimum absolute atomic E-state index is 0.0414. The maximum atomic E-state index is 13.2. The van der Waals surface area contributed by atoms with Crippen LogP contribution in [0.4, 0.5) is 0 Å². The zero-order valence-corrected chi connectivity index (χ0v) is 20.0. The Hall–Kier alpha value is -3.36. The average Bonchev–Trinajstić information content (AvgIpc) is 3.13. The Morgan fingerprint density at radius 2 is 1.83 bits per heavy atom. The molecule has 2 N–H and O–H groups in total. The minimum atomic E-state index is -0.750. The number of nitrogens with zero attached hydrogens (tertiary/aromatic N) is 2. The number of ketones is 1. The second-order valence-electron chi connectivity index (χ2n) is 8.77. The Balaban J connectivity index is 1.65. The molecule has 2 aliphatic heterocycles. The fraction of sp³-hybridized carbons (Fsp3) is 0.407. The molecule has 1 unspecified atom stereocenters. The smallest absolute Gasteiger partial charge is 0.295 e. The van der Waals surface area contributed by atoms with Gasteiger partial charge in [-0.25, -0.2) is 0 Å². The van der Waals surface area contributed by atoms with Crippen molar-refractivity contribution in [1.82, 2.24) is 9.80 Å². The fourth-order valence-electron chi connectivity index (χ4n) is 4.51. The number of carbonyl (C=O) groups excluding carboxylic acids is 2. The van der Waals surface area contributed by atoms with Crippen molar-refractivity contribution in [2.45, 2.75) is 25.8 Å². The zero-order valence-electron chi connectivity index (χ0n) is 20.0. The first-order valence-corrected chi connectivity index (χ1v) is 12.1. The van der Waals surface area contributed by atoms with Crippen LogP contribution in [-0.4, -0.2) is 77.7 Å². The molecule has 0 aliphatic carbocycles. The van der Waals surface area contributed by atoms with Crippen LogP contribution < -0.4 is 4.74 Å². The van der Waals surface area contributed by atoms with E-state index in [2.05, 4.69) is 4.90 Å². The number of aromatic hydroxyl groups is 1. The maximum absolute atomic E-state index is 13.2. The quantitative estimate of drug-likeness (QED) is 0.323. The molecular formula is C27H32N2O6. The molecule has 8 heteroatoms. The van der Waals surface area contributed by atoms with Crippen LogP contribution in [0.1, 0.15) is 36.9 Å². The van der Waals surface area contributed by atoms with Gasteiger partial charge >= 0.3 is 0 Å². The van der Waals surface area contributed by atoms with E-state index in [4.69, 9.17) is 9.47 Å². The molecule has 1 atom stereocenters. The molecule has 2 saturated heterocycles. The highest BCUT2D eigenvalue weighted by atomic mass is 16.5. The molecule has 35 heavy (non-hydrogen) atoms. The van der Waals surface area contributed by atoms with E-state index in [1.54, 1.807) is 36.4 Å². The van der Waals surface area contributed by atoms with Gasteiger partial charge in [0.05, 0.1) is 31.4 Å². The van der Waals surface area contributed by atoms with Crippen LogP contribution in [0.3, 0.4) is 0 Å². The molecule has 8 nitrogen and oxygen atoms in total. The lowest BCUT2D eigenvalue weighted by atomic mass is 9.95. The number of likely N-dealkylation sites (tertiary alicyclic amines) is 1. The Labute approximate surface area is 205 Å². The van der Waals surface area contributed by atoms with E-state index in [-0.39, 0.29) is 17.1 Å². The molecule has 4 rings (SSSR count). The van der Waals surface area contributed by atoms with Crippen molar-refractivity contribution in [3.05, 3.63) is 65.2 Å². The number of carbonyl (C=O) groups is 2. The number of ether oxygens (including phenoxy) is 2. The van der Waals surface area contributed by atoms with Crippen molar-refractivity contribution < 1.29 is 29.3 Å². The topological polar surface area (TPSA) is 99.5 Å². The Morgan fingerprint density at radius 3 is 2.54 bits per heavy atom. The number of hydrogen-bond acceptors (Lipinski definition) is 7. The molecule has 2 aromatic carbocycles. The molecule has 2 aromatic rings. The van der Waals surface area contributed by atoms with Crippen LogP contribution in [0.2, 0.25) is 0 Å². The van der Waals surface area contributed by atoms with Crippen LogP contribution in [0, 0.1) is 0 Å². The number of morpholine rings is 1. The Bertz CT molecular complexity index is 1080. The number of benzene rings is 2. The van der Waals surface area contributed by atoms with E-state index in [1.165, 1.54) is 17.0 Å². The van der Waals surface area contributed by atoms with Gasteiger partial charge in [-0.2, -0.15) is 0 Å². The third-order valence-corrected chi connectivity index (χ3v) is 6.31. The molecular weight excluding hydrogens is 448 g/mol. The lowest BCUT2D eigenvalue weighted by Crippen LogP contribution is -2.38. The van der Waals surface area contributed by atoms with Gasteiger partial charge in [0.1, 0.15) is 17.3 Å². The summed E-state index contributed by atoms with van der Waals surface area (Å²) in [5.74, 6) is -0.925. The summed E-state index contributed by atoms with van der Waals surface area (Å²) in [4.78, 5) is 30.1. The number of Topliss-reactive ketones (excluding diaryl/α,β-unsaturated/α-hetero) is 1. The van der Waals surface area contributed by atoms with E-state index in [0.717, 1.165) is 26.1 Å². The standard InChI is InChI=1S/C27H32N2O6/c1-2-15-35-22-6-3-5-20(18-22)25(31)23-24(19-7-9-21(30)10-8-19)29(27(33)26(23)32)12-4-11-28-13-16-34-17-14-28/h3,5-10,18,24,30-31H,2,4,11-17H2,1H3. The summed E-state index contributed by atoms with van der Waals surface area (Å²) < 4.78 is 11.1. The van der Waals surface area contributed by atoms with Gasteiger partial charge in [0, 0.05) is 31.7 Å². The lowest BCUT2D eigenvalue weighted by molar-refractivity contribution is -0.140. The first kappa shape index (κ1) is 24.8. The van der Waals surface area contributed by atoms with Crippen molar-refractivity contribution in [2.75, 3.05) is 46.0 Å². The van der Waals surface area contributed by atoms with E-state index in [0.29, 0.717) is 49.7 Å². The summed E-state index contributed by atoms with van der Waals surface area (Å²) in [7, 11) is 0. The summed E-state index contributed by atoms with van der Waals surface area (Å²) in [6.07, 6.45) is 1.52. The van der Waals surface area contributed by atoms with E-state index in [1.807, 2.05) is 6.92 Å². The number of rotatable bonds is 9. The Kier molecular flexibility index (Phi) is 8.05. The second-order valence-corrected chi connectivity index (χ2v) is 8.77. The van der Waals surface area contributed by atoms with E-state index in [9.17, 15) is 19.8 Å². The van der Waals surface area contributed by atoms with Gasteiger partial charge in [0.2, 0.25) is 0 Å². The molecule has 0 spiro atoms. The number of phenols is 1. The van der Waals surface area contributed by atoms with Crippen LogP contribution in [0.5, 0.6) is 11.5 Å². The highest BCUT2D eigenvalue weighted by Crippen LogP contribution is 2.40. The van der Waals surface area contributed by atoms with Gasteiger partial charge in [0.25, 0.3) is 11.7 Å². The fourth-order valence-corrected chi connectivity index (χ4v) is 4.51. The van der Waals surface area contributed by atoms with Gasteiger partial charge in [-0.05, 0) is 42.7 Å². The normalized spacial score (nSPS) is 20.4. The van der Waals surface area contributed by atoms with Crippen LogP contribution in [-0.2, 0) is 14.3 Å². The summed E-state index contributed by atoms with van der Waals surface area (Å²) in [6.45, 7) is 6.76. The highest BCUT2D eigenvalue weighted by molar-refractivity contribution is 6.46. The number of aliphatic hydroxyl groups is 1. The minimum Gasteiger partial charge on any atom is -0.508 e. The lowest BCUT2D eigenvalue weighted by Gasteiger charge is -2.29. The van der Waals surface area contributed by atoms with E-state index < -0.39 is 17.7 Å². The predicted molar refractivity (Wildman–Crippen MR) is 131 cm³/mol. The monoisotopic (exact) mass is 480 g/mol. The van der Waals surface area contributed by atoms with Gasteiger partial charge in [-0.1, -0.05) is 31.2 Å². The van der Waals surface area contributed by atoms with E-state index >= 15 is 0 Å². The third-order valence-electron chi connectivity index (χ3n) is 6.31. The van der Waals surface area contributed by atoms with Crippen molar-refractivity contribution >= 4 is 17.4 Å². The van der Waals surface area contributed by atoms with Gasteiger partial charge in [-0.15, -0.1) is 0 Å². The van der Waals surface area contributed by atoms with Crippen LogP contribution in [0.15, 0.2) is 54.1 Å². The molecule has 0 radical (unpaired) electrons. The Morgan fingerprint density at radius 1 is 1.09 bits per heavy atom. The van der Waals surface area contributed by atoms with Crippen molar-refractivity contribution in [3.8, 4) is 11.5 Å². The first-order valence-electron chi connectivity index (χ1n) is 12.1. The van der Waals surface area contributed by atoms with Crippen molar-refractivity contribution in [1.29, 1.82) is 0 Å². The van der Waals surface area contributed by atoms with Gasteiger partial charge in [-0.3, -0.25) is 14.5 Å². The predicted octanol–water partition coefficient (Wildman–Crippen LogP) is 3.33. The third kappa shape index (κ3) is 5.66. The van der Waals surface area contributed by atoms with Crippen LogP contribution in [0.25, 0.3) is 5.76 Å². The molecule has 2 heterocycles. The molecule has 2 aliphatic rings. The average molecular weight is 481 g/mol. The summed E-state index contributed by atoms with van der Waals surface area (Å²) in [5, 5.41) is 21.0. The molecule has 0 saturated carbocycles. The summed E-state index contributed by atoms with van der Waals surface area (Å²) >= 11 is 0. The van der Waals surface area contributed by atoms with Crippen molar-refractivity contribution in [3.63, 3.8) is 0 Å². The first-order chi connectivity index (χ1) is 17.0. The molecule has 2 fully saturated rings. The van der Waals surface area contributed by atoms with Gasteiger partial charge in [0.15, 0.2) is 0 Å². The SMILES string of the molecule is CCCOc1cccc(C(O)=C2C(=O)C(=O)N(CCCN3CCOCC3)C2c2ccc(O)cc2)c1. The molecule has 0 bridgehead atoms.